The minimum absolute atomic E-state index is 0.0866. The summed E-state index contributed by atoms with van der Waals surface area (Å²) in [4.78, 5) is 151. The van der Waals surface area contributed by atoms with Gasteiger partial charge in [0.05, 0.1) is 45.0 Å². The topological polar surface area (TPSA) is 523 Å². The molecule has 0 radical (unpaired) electrons. The first-order valence-electron chi connectivity index (χ1n) is 25.6. The average Bonchev–Trinajstić information content (AvgIpc) is 3.46. The Hall–Kier alpha value is -7.60. The molecule has 0 bridgehead atoms. The molecule has 0 aliphatic heterocycles. The van der Waals surface area contributed by atoms with E-state index in [9.17, 15) is 89.6 Å². The number of aliphatic hydroxyl groups is 3. The number of rotatable bonds is 35. The Morgan fingerprint density at radius 1 is 0.627 bits per heavy atom. The van der Waals surface area contributed by atoms with Gasteiger partial charge in [-0.1, -0.05) is 64.4 Å². The Morgan fingerprint density at radius 2 is 1.12 bits per heavy atom. The number of nitrogens with zero attached hydrogens (tertiary/aromatic N) is 1. The summed E-state index contributed by atoms with van der Waals surface area (Å²) in [5.41, 5.74) is 21.8. The molecule has 0 saturated heterocycles. The molecule has 10 atom stereocenters. The van der Waals surface area contributed by atoms with Crippen molar-refractivity contribution in [3.63, 3.8) is 0 Å². The number of hydrogen-bond acceptors (Lipinski definition) is 18. The van der Waals surface area contributed by atoms with E-state index in [0.29, 0.717) is 12.0 Å². The van der Waals surface area contributed by atoms with E-state index < -0.39 is 198 Å². The van der Waals surface area contributed by atoms with E-state index in [-0.39, 0.29) is 18.8 Å². The maximum atomic E-state index is 14.1. The van der Waals surface area contributed by atoms with Crippen LogP contribution in [0.3, 0.4) is 0 Å². The molecule has 11 amide bonds. The number of aliphatic carboxylic acids is 1. The van der Waals surface area contributed by atoms with Crippen LogP contribution in [0.4, 0.5) is 13.2 Å². The maximum Gasteiger partial charge on any atom is 0.490 e. The molecule has 1 aromatic rings. The summed E-state index contributed by atoms with van der Waals surface area (Å²) in [5, 5.41) is 54.9. The van der Waals surface area contributed by atoms with Crippen molar-refractivity contribution in [3.8, 4) is 0 Å². The van der Waals surface area contributed by atoms with Crippen LogP contribution in [0.5, 0.6) is 0 Å². The number of hydrogen-bond donors (Lipinski definition) is 16. The number of nitrogens with one attached hydrogen (secondary N) is 8. The molecule has 20 N–H and O–H groups in total. The van der Waals surface area contributed by atoms with Crippen LogP contribution in [0.25, 0.3) is 0 Å². The standard InChI is InChI=1S/C46H77N13O16S.C2HF3O2/c1-8-25(6)38(46(73)53-28(14-23(2)3)22-76(74,75)59(24(4)5)34(21-62)45(72)57-33(20-61)39(50)66)58-40(67)26(7)52-37(65)18-51-42(69)30(15-27-12-10-9-11-13-27)55-44(71)32(17-36(49)64)56-43(70)31(16-35(48)63)54-41(68)29(47)19-60;3-2(4,5)1(6)7/h9-13,23-26,28-34,38,60-62H,8,14-22,47H2,1-7H3,(H2,48,63)(H2,49,64)(H2,50,66)(H,51,69)(H,52,65)(H,53,73)(H,54,68)(H,55,71)(H,56,70)(H,57,72)(H,58,67);(H,6,7)/t25-,26-,28-,29-,30-,31-,32-,33-,34-,38-;/m0./s1. The highest BCUT2D eigenvalue weighted by molar-refractivity contribution is 7.89. The van der Waals surface area contributed by atoms with E-state index in [2.05, 4.69) is 42.5 Å². The van der Waals surface area contributed by atoms with Crippen molar-refractivity contribution in [2.45, 2.75) is 147 Å². The summed E-state index contributed by atoms with van der Waals surface area (Å²) < 4.78 is 60.6. The highest BCUT2D eigenvalue weighted by Crippen LogP contribution is 2.19. The molecular weight excluding hydrogens is 1140 g/mol. The van der Waals surface area contributed by atoms with Crippen molar-refractivity contribution in [1.82, 2.24) is 46.8 Å². The smallest absolute Gasteiger partial charge is 0.475 e. The van der Waals surface area contributed by atoms with E-state index in [4.69, 9.17) is 32.8 Å². The molecule has 1 aromatic carbocycles. The van der Waals surface area contributed by atoms with Crippen LogP contribution in [-0.4, -0.2) is 203 Å². The average molecular weight is 1210 g/mol. The highest BCUT2D eigenvalue weighted by atomic mass is 32.2. The fraction of sp³-hybridized carbons (Fsp3) is 0.625. The number of alkyl halides is 3. The monoisotopic (exact) mass is 1210 g/mol. The van der Waals surface area contributed by atoms with Crippen molar-refractivity contribution < 1.29 is 99.5 Å². The summed E-state index contributed by atoms with van der Waals surface area (Å²) in [6.07, 6.45) is -6.51. The number of carbonyl (C=O) groups excluding carboxylic acids is 11. The second-order valence-electron chi connectivity index (χ2n) is 19.6. The molecule has 83 heavy (non-hydrogen) atoms. The largest absolute Gasteiger partial charge is 0.490 e. The number of carboxylic acid groups (broad SMARTS) is 1. The minimum Gasteiger partial charge on any atom is -0.475 e. The molecule has 0 fully saturated rings. The van der Waals surface area contributed by atoms with Crippen LogP contribution >= 0.6 is 0 Å². The Labute approximate surface area is 476 Å². The van der Waals surface area contributed by atoms with Gasteiger partial charge in [-0.15, -0.1) is 0 Å². The molecule has 1 rings (SSSR count). The molecule has 470 valence electrons. The van der Waals surface area contributed by atoms with Crippen molar-refractivity contribution in [2.75, 3.05) is 32.1 Å². The minimum atomic E-state index is -5.08. The highest BCUT2D eigenvalue weighted by Gasteiger charge is 2.41. The van der Waals surface area contributed by atoms with Crippen LogP contribution in [0.15, 0.2) is 30.3 Å². The third-order valence-corrected chi connectivity index (χ3v) is 13.9. The summed E-state index contributed by atoms with van der Waals surface area (Å²) in [6, 6.07) is -6.43. The van der Waals surface area contributed by atoms with Crippen molar-refractivity contribution in [3.05, 3.63) is 35.9 Å². The van der Waals surface area contributed by atoms with Crippen LogP contribution < -0.4 is 65.5 Å². The number of sulfonamides is 1. The van der Waals surface area contributed by atoms with Crippen LogP contribution in [0.2, 0.25) is 0 Å². The van der Waals surface area contributed by atoms with Gasteiger partial charge < -0.3 is 85.9 Å². The number of aliphatic hydroxyl groups excluding tert-OH is 3. The third-order valence-electron chi connectivity index (χ3n) is 11.7. The van der Waals surface area contributed by atoms with Gasteiger partial charge in [0.1, 0.15) is 48.3 Å². The van der Waals surface area contributed by atoms with E-state index >= 15 is 0 Å². The molecule has 0 aliphatic carbocycles. The second-order valence-corrected chi connectivity index (χ2v) is 21.5. The van der Waals surface area contributed by atoms with Crippen molar-refractivity contribution in [2.24, 2.45) is 34.8 Å². The quantitative estimate of drug-likeness (QED) is 0.0300. The lowest BCUT2D eigenvalue weighted by atomic mass is 9.97. The first-order valence-corrected chi connectivity index (χ1v) is 27.2. The zero-order valence-corrected chi connectivity index (χ0v) is 47.5. The number of nitrogens with two attached hydrogens (primary N) is 4. The van der Waals surface area contributed by atoms with E-state index in [1.54, 1.807) is 58.0 Å². The Bertz CT molecular complexity index is 2510. The summed E-state index contributed by atoms with van der Waals surface area (Å²) in [5.74, 6) is -15.6. The zero-order valence-electron chi connectivity index (χ0n) is 46.7. The number of halogens is 3. The first kappa shape index (κ1) is 75.4. The third kappa shape index (κ3) is 27.8. The fourth-order valence-corrected chi connectivity index (χ4v) is 9.51. The van der Waals surface area contributed by atoms with Gasteiger partial charge in [-0.25, -0.2) is 13.2 Å². The van der Waals surface area contributed by atoms with E-state index in [1.807, 2.05) is 0 Å². The molecule has 31 nitrogen and oxygen atoms in total. The van der Waals surface area contributed by atoms with Crippen LogP contribution in [0, 0.1) is 11.8 Å². The number of primary amides is 3. The van der Waals surface area contributed by atoms with Gasteiger partial charge in [0.2, 0.25) is 75.0 Å². The summed E-state index contributed by atoms with van der Waals surface area (Å²) in [6.45, 7) is 7.49. The van der Waals surface area contributed by atoms with E-state index in [1.165, 1.54) is 20.8 Å². The molecular formula is C48H78F3N13O18S. The lowest BCUT2D eigenvalue weighted by Gasteiger charge is -2.34. The Morgan fingerprint density at radius 3 is 1.54 bits per heavy atom. The predicted molar refractivity (Wildman–Crippen MR) is 286 cm³/mol. The van der Waals surface area contributed by atoms with Crippen molar-refractivity contribution in [1.29, 1.82) is 0 Å². The lowest BCUT2D eigenvalue weighted by molar-refractivity contribution is -0.192. The van der Waals surface area contributed by atoms with Gasteiger partial charge in [0.25, 0.3) is 0 Å². The summed E-state index contributed by atoms with van der Waals surface area (Å²) in [7, 11) is -4.53. The first-order chi connectivity index (χ1) is 38.4. The van der Waals surface area contributed by atoms with E-state index in [0.717, 1.165) is 4.31 Å². The molecule has 35 heteroatoms. The van der Waals surface area contributed by atoms with Gasteiger partial charge >= 0.3 is 12.1 Å². The molecule has 0 spiro atoms. The van der Waals surface area contributed by atoms with Gasteiger partial charge in [-0.2, -0.15) is 17.5 Å². The SMILES string of the molecule is CC[C@H](C)[C@H](NC(=O)[C@H](C)NC(=O)CNC(=O)[C@H](Cc1ccccc1)NC(=O)[C@H](CC(N)=O)NC(=O)[C@H](CC(N)=O)NC(=O)[C@@H](N)CO)C(=O)N[C@@H](CC(C)C)CS(=O)(=O)N(C(C)C)[C@@H](CO)C(=O)N[C@@H](CO)C(N)=O.O=C(O)C(F)(F)F. The molecule has 0 heterocycles. The molecule has 0 saturated carbocycles. The Balaban J connectivity index is 0.00000897. The number of amides is 11. The number of carboxylic acids is 1. The maximum absolute atomic E-state index is 14.1. The fourth-order valence-electron chi connectivity index (χ4n) is 7.41. The number of carbonyl (C=O) groups is 12. The van der Waals surface area contributed by atoms with Gasteiger partial charge in [0.15, 0.2) is 0 Å². The van der Waals surface area contributed by atoms with Gasteiger partial charge in [-0.05, 0) is 44.6 Å². The van der Waals surface area contributed by atoms with Crippen molar-refractivity contribution >= 4 is 81.0 Å². The lowest BCUT2D eigenvalue weighted by Crippen LogP contribution is -2.60. The van der Waals surface area contributed by atoms with Crippen LogP contribution in [0.1, 0.15) is 79.7 Å². The van der Waals surface area contributed by atoms with Gasteiger partial charge in [0, 0.05) is 18.5 Å². The number of benzene rings is 1. The summed E-state index contributed by atoms with van der Waals surface area (Å²) >= 11 is 0. The second kappa shape index (κ2) is 36.1. The molecule has 0 unspecified atom stereocenters. The molecule has 0 aliphatic rings. The normalized spacial score (nSPS) is 15.1. The van der Waals surface area contributed by atoms with Gasteiger partial charge in [-0.3, -0.25) is 52.7 Å². The molecule has 0 aromatic heterocycles. The predicted octanol–water partition coefficient (Wildman–Crippen LogP) is -6.57. The zero-order chi connectivity index (χ0) is 64.3. The Kier molecular flexibility index (Phi) is 32.8. The van der Waals surface area contributed by atoms with Crippen LogP contribution in [-0.2, 0) is 74.0 Å².